The fourth-order valence-electron chi connectivity index (χ4n) is 3.26. The third-order valence-corrected chi connectivity index (χ3v) is 6.27. The van der Waals surface area contributed by atoms with Crippen molar-refractivity contribution in [3.05, 3.63) is 77.6 Å². The Balaban J connectivity index is 1.55. The molecule has 0 aliphatic rings. The number of anilines is 1. The number of nitrogens with zero attached hydrogens (tertiary/aromatic N) is 3. The zero-order chi connectivity index (χ0) is 24.5. The van der Waals surface area contributed by atoms with Crippen LogP contribution in [0.5, 0.6) is 5.75 Å². The maximum Gasteiger partial charge on any atom is 0.251 e. The summed E-state index contributed by atoms with van der Waals surface area (Å²) in [5, 5.41) is 15.0. The predicted octanol–water partition coefficient (Wildman–Crippen LogP) is 3.79. The van der Waals surface area contributed by atoms with Crippen molar-refractivity contribution in [2.75, 3.05) is 24.7 Å². The first kappa shape index (κ1) is 25.0. The Bertz CT molecular complexity index is 1160. The van der Waals surface area contributed by atoms with Gasteiger partial charge in [-0.2, -0.15) is 0 Å². The molecule has 2 N–H and O–H groups in total. The number of rotatable bonds is 11. The molecular weight excluding hydrogens is 450 g/mol. The Morgan fingerprint density at radius 3 is 2.62 bits per heavy atom. The Labute approximate surface area is 203 Å². The molecule has 0 spiro atoms. The minimum absolute atomic E-state index is 0.111. The Hall–Kier alpha value is -3.59. The van der Waals surface area contributed by atoms with E-state index in [0.717, 1.165) is 16.8 Å². The van der Waals surface area contributed by atoms with Crippen LogP contribution in [-0.4, -0.2) is 46.0 Å². The Morgan fingerprint density at radius 2 is 1.91 bits per heavy atom. The van der Waals surface area contributed by atoms with Crippen molar-refractivity contribution >= 4 is 29.3 Å². The first-order valence-corrected chi connectivity index (χ1v) is 11.9. The summed E-state index contributed by atoms with van der Waals surface area (Å²) >= 11 is 1.32. The molecule has 1 heterocycles. The highest BCUT2D eigenvalue weighted by atomic mass is 32.2. The summed E-state index contributed by atoms with van der Waals surface area (Å²) in [5.74, 6) is 1.33. The number of allylic oxidation sites excluding steroid dienone is 1. The molecule has 1 aromatic heterocycles. The van der Waals surface area contributed by atoms with Gasteiger partial charge < -0.3 is 19.9 Å². The van der Waals surface area contributed by atoms with Gasteiger partial charge in [0, 0.05) is 30.8 Å². The fraction of sp³-hybridized carbons (Fsp3) is 0.280. The standard InChI is InChI=1S/C25H29N5O3S/c1-5-15-30-22(13-14-26-24(32)19-9-11-20(33-4)12-10-19)28-29-25(30)34-16-23(31)27-21-8-6-7-17(2)18(21)3/h5-12H,1,13-16H2,2-4H3,(H,26,32)(H,27,31). The van der Waals surface area contributed by atoms with Crippen LogP contribution in [0.25, 0.3) is 0 Å². The predicted molar refractivity (Wildman–Crippen MR) is 135 cm³/mol. The van der Waals surface area contributed by atoms with Gasteiger partial charge in [-0.3, -0.25) is 9.59 Å². The second kappa shape index (κ2) is 12.0. The summed E-state index contributed by atoms with van der Waals surface area (Å²) in [6, 6.07) is 12.7. The van der Waals surface area contributed by atoms with Gasteiger partial charge in [0.05, 0.1) is 12.9 Å². The van der Waals surface area contributed by atoms with E-state index in [1.54, 1.807) is 37.5 Å². The molecule has 3 rings (SSSR count). The summed E-state index contributed by atoms with van der Waals surface area (Å²) in [6.45, 7) is 8.71. The lowest BCUT2D eigenvalue weighted by atomic mass is 10.1. The average molecular weight is 480 g/mol. The number of benzene rings is 2. The summed E-state index contributed by atoms with van der Waals surface area (Å²) in [4.78, 5) is 24.8. The number of nitrogens with one attached hydrogen (secondary N) is 2. The van der Waals surface area contributed by atoms with Crippen molar-refractivity contribution in [3.63, 3.8) is 0 Å². The summed E-state index contributed by atoms with van der Waals surface area (Å²) in [5.41, 5.74) is 3.54. The number of amides is 2. The maximum atomic E-state index is 12.5. The molecule has 0 radical (unpaired) electrons. The van der Waals surface area contributed by atoms with E-state index in [1.807, 2.05) is 36.6 Å². The minimum atomic E-state index is -0.171. The van der Waals surface area contributed by atoms with Gasteiger partial charge in [-0.25, -0.2) is 0 Å². The van der Waals surface area contributed by atoms with Crippen LogP contribution in [0.1, 0.15) is 27.3 Å². The molecule has 3 aromatic rings. The van der Waals surface area contributed by atoms with E-state index in [2.05, 4.69) is 27.4 Å². The molecular formula is C25H29N5O3S. The number of methoxy groups -OCH3 is 1. The van der Waals surface area contributed by atoms with E-state index in [1.165, 1.54) is 11.8 Å². The first-order valence-electron chi connectivity index (χ1n) is 10.9. The van der Waals surface area contributed by atoms with Crippen molar-refractivity contribution in [2.24, 2.45) is 0 Å². The molecule has 0 saturated carbocycles. The lowest BCUT2D eigenvalue weighted by Gasteiger charge is -2.11. The number of aryl methyl sites for hydroxylation is 1. The lowest BCUT2D eigenvalue weighted by molar-refractivity contribution is -0.113. The molecule has 0 aliphatic carbocycles. The van der Waals surface area contributed by atoms with Gasteiger partial charge in [0.2, 0.25) is 5.91 Å². The largest absolute Gasteiger partial charge is 0.497 e. The van der Waals surface area contributed by atoms with E-state index in [4.69, 9.17) is 4.74 Å². The number of aromatic nitrogens is 3. The Morgan fingerprint density at radius 1 is 1.15 bits per heavy atom. The van der Waals surface area contributed by atoms with Crippen molar-refractivity contribution in [2.45, 2.75) is 32.0 Å². The van der Waals surface area contributed by atoms with E-state index in [-0.39, 0.29) is 17.6 Å². The number of ether oxygens (including phenoxy) is 1. The highest BCUT2D eigenvalue weighted by Gasteiger charge is 2.15. The molecule has 34 heavy (non-hydrogen) atoms. The maximum absolute atomic E-state index is 12.5. The van der Waals surface area contributed by atoms with E-state index in [0.29, 0.717) is 41.8 Å². The number of hydrogen-bond donors (Lipinski definition) is 2. The third-order valence-electron chi connectivity index (χ3n) is 5.30. The number of hydrogen-bond acceptors (Lipinski definition) is 6. The van der Waals surface area contributed by atoms with Gasteiger partial charge in [-0.15, -0.1) is 16.8 Å². The normalized spacial score (nSPS) is 10.6. The van der Waals surface area contributed by atoms with Crippen LogP contribution in [-0.2, 0) is 17.8 Å². The molecule has 2 aromatic carbocycles. The monoisotopic (exact) mass is 479 g/mol. The van der Waals surface area contributed by atoms with E-state index in [9.17, 15) is 9.59 Å². The zero-order valence-corrected chi connectivity index (χ0v) is 20.4. The molecule has 8 nitrogen and oxygen atoms in total. The summed E-state index contributed by atoms with van der Waals surface area (Å²) in [7, 11) is 1.58. The topological polar surface area (TPSA) is 98.1 Å². The van der Waals surface area contributed by atoms with Gasteiger partial charge in [-0.1, -0.05) is 30.0 Å². The van der Waals surface area contributed by atoms with Crippen molar-refractivity contribution in [3.8, 4) is 5.75 Å². The van der Waals surface area contributed by atoms with Crippen LogP contribution < -0.4 is 15.4 Å². The Kier molecular flexibility index (Phi) is 8.86. The van der Waals surface area contributed by atoms with Crippen LogP contribution in [0.15, 0.2) is 60.3 Å². The van der Waals surface area contributed by atoms with Crippen LogP contribution in [0.3, 0.4) is 0 Å². The second-order valence-corrected chi connectivity index (χ2v) is 8.56. The zero-order valence-electron chi connectivity index (χ0n) is 19.6. The quantitative estimate of drug-likeness (QED) is 0.321. The second-order valence-electron chi connectivity index (χ2n) is 7.62. The van der Waals surface area contributed by atoms with E-state index >= 15 is 0 Å². The van der Waals surface area contributed by atoms with Crippen LogP contribution in [0.4, 0.5) is 5.69 Å². The van der Waals surface area contributed by atoms with Crippen molar-refractivity contribution in [1.82, 2.24) is 20.1 Å². The molecule has 2 amide bonds. The average Bonchev–Trinajstić information content (AvgIpc) is 3.22. The summed E-state index contributed by atoms with van der Waals surface area (Å²) < 4.78 is 7.02. The van der Waals surface area contributed by atoms with Crippen molar-refractivity contribution in [1.29, 1.82) is 0 Å². The fourth-order valence-corrected chi connectivity index (χ4v) is 4.03. The molecule has 0 unspecified atom stereocenters. The van der Waals surface area contributed by atoms with Gasteiger partial charge in [0.1, 0.15) is 11.6 Å². The van der Waals surface area contributed by atoms with E-state index < -0.39 is 0 Å². The van der Waals surface area contributed by atoms with Gasteiger partial charge in [0.15, 0.2) is 5.16 Å². The highest BCUT2D eigenvalue weighted by molar-refractivity contribution is 7.99. The summed E-state index contributed by atoms with van der Waals surface area (Å²) in [6.07, 6.45) is 2.25. The van der Waals surface area contributed by atoms with Crippen molar-refractivity contribution < 1.29 is 14.3 Å². The smallest absolute Gasteiger partial charge is 0.251 e. The van der Waals surface area contributed by atoms with Gasteiger partial charge >= 0.3 is 0 Å². The first-order chi connectivity index (χ1) is 16.4. The number of carbonyl (C=O) groups excluding carboxylic acids is 2. The molecule has 0 saturated heterocycles. The molecule has 0 aliphatic heterocycles. The highest BCUT2D eigenvalue weighted by Crippen LogP contribution is 2.21. The van der Waals surface area contributed by atoms with Gasteiger partial charge in [0.25, 0.3) is 5.91 Å². The minimum Gasteiger partial charge on any atom is -0.497 e. The molecule has 0 atom stereocenters. The third kappa shape index (κ3) is 6.48. The number of thioether (sulfide) groups is 1. The molecule has 9 heteroatoms. The lowest BCUT2D eigenvalue weighted by Crippen LogP contribution is -2.26. The molecule has 0 fully saturated rings. The SMILES string of the molecule is C=CCn1c(CCNC(=O)c2ccc(OC)cc2)nnc1SCC(=O)Nc1cccc(C)c1C. The molecule has 178 valence electrons. The van der Waals surface area contributed by atoms with Crippen LogP contribution in [0, 0.1) is 13.8 Å². The number of carbonyl (C=O) groups is 2. The van der Waals surface area contributed by atoms with Crippen LogP contribution >= 0.6 is 11.8 Å². The van der Waals surface area contributed by atoms with Gasteiger partial charge in [-0.05, 0) is 55.3 Å². The molecule has 0 bridgehead atoms. The van der Waals surface area contributed by atoms with Crippen LogP contribution in [0.2, 0.25) is 0 Å².